The van der Waals surface area contributed by atoms with Crippen LogP contribution >= 0.6 is 0 Å². The lowest BCUT2D eigenvalue weighted by Crippen LogP contribution is -2.54. The van der Waals surface area contributed by atoms with Gasteiger partial charge in [0.25, 0.3) is 0 Å². The normalized spacial score (nSPS) is 28.5. The molecule has 0 spiro atoms. The summed E-state index contributed by atoms with van der Waals surface area (Å²) >= 11 is 0. The summed E-state index contributed by atoms with van der Waals surface area (Å²) in [4.78, 5) is 33.8. The average molecular weight is 342 g/mol. The van der Waals surface area contributed by atoms with E-state index in [1.54, 1.807) is 11.1 Å². The maximum absolute atomic E-state index is 12.9. The van der Waals surface area contributed by atoms with Gasteiger partial charge in [0.05, 0.1) is 5.69 Å². The second-order valence-corrected chi connectivity index (χ2v) is 7.56. The molecule has 134 valence electrons. The van der Waals surface area contributed by atoms with E-state index in [0.717, 1.165) is 43.7 Å². The van der Waals surface area contributed by atoms with Gasteiger partial charge in [-0.15, -0.1) is 0 Å². The Morgan fingerprint density at radius 2 is 2.12 bits per heavy atom. The topological polar surface area (TPSA) is 65.5 Å². The third-order valence-corrected chi connectivity index (χ3v) is 5.89. The van der Waals surface area contributed by atoms with Crippen molar-refractivity contribution < 1.29 is 9.59 Å². The van der Waals surface area contributed by atoms with E-state index in [1.165, 1.54) is 12.8 Å². The fourth-order valence-corrected chi connectivity index (χ4v) is 4.49. The second kappa shape index (κ2) is 6.65. The van der Waals surface area contributed by atoms with Gasteiger partial charge < -0.3 is 10.2 Å². The van der Waals surface area contributed by atoms with Crippen LogP contribution in [0.4, 0.5) is 11.5 Å². The van der Waals surface area contributed by atoms with Crippen molar-refractivity contribution in [2.75, 3.05) is 22.9 Å². The number of hydrogen-bond acceptors (Lipinski definition) is 4. The minimum Gasteiger partial charge on any atom is -0.352 e. The molecule has 0 aromatic carbocycles. The molecule has 1 N–H and O–H groups in total. The zero-order valence-corrected chi connectivity index (χ0v) is 14.8. The Morgan fingerprint density at radius 3 is 2.96 bits per heavy atom. The number of amides is 2. The number of rotatable bonds is 3. The van der Waals surface area contributed by atoms with Crippen molar-refractivity contribution in [3.63, 3.8) is 0 Å². The van der Waals surface area contributed by atoms with Gasteiger partial charge in [0.1, 0.15) is 12.6 Å². The molecule has 1 aliphatic carbocycles. The maximum atomic E-state index is 12.9. The molecule has 3 aliphatic rings. The molecule has 4 rings (SSSR count). The van der Waals surface area contributed by atoms with E-state index < -0.39 is 0 Å². The minimum atomic E-state index is -0.163. The number of carbonyl (C=O) groups is 2. The first kappa shape index (κ1) is 16.4. The largest absolute Gasteiger partial charge is 0.352 e. The zero-order chi connectivity index (χ0) is 17.4. The molecular weight excluding hydrogens is 316 g/mol. The van der Waals surface area contributed by atoms with E-state index in [-0.39, 0.29) is 30.4 Å². The van der Waals surface area contributed by atoms with Crippen molar-refractivity contribution in [1.29, 1.82) is 0 Å². The number of pyridine rings is 1. The Balaban J connectivity index is 1.52. The van der Waals surface area contributed by atoms with Gasteiger partial charge in [-0.2, -0.15) is 0 Å². The van der Waals surface area contributed by atoms with Crippen molar-refractivity contribution in [3.05, 3.63) is 18.3 Å². The number of nitrogens with one attached hydrogen (secondary N) is 1. The second-order valence-electron chi connectivity index (χ2n) is 7.56. The van der Waals surface area contributed by atoms with E-state index in [2.05, 4.69) is 22.1 Å². The Bertz CT molecular complexity index is 677. The monoisotopic (exact) mass is 342 g/mol. The minimum absolute atomic E-state index is 0.0323. The van der Waals surface area contributed by atoms with Crippen LogP contribution in [0, 0.1) is 5.92 Å². The molecule has 3 atom stereocenters. The number of hydrogen-bond donors (Lipinski definition) is 1. The molecule has 2 unspecified atom stereocenters. The highest BCUT2D eigenvalue weighted by Gasteiger charge is 2.42. The molecule has 0 radical (unpaired) electrons. The summed E-state index contributed by atoms with van der Waals surface area (Å²) in [6.45, 7) is 3.15. The van der Waals surface area contributed by atoms with Crippen LogP contribution in [0.25, 0.3) is 0 Å². The van der Waals surface area contributed by atoms with Crippen molar-refractivity contribution in [3.8, 4) is 0 Å². The SMILES string of the molecule is CC1CCCCC1NC(=O)CN1C(=O)[C@H]2CCCN2c2ncccc21. The Labute approximate surface area is 148 Å². The van der Waals surface area contributed by atoms with Crippen LogP contribution in [0.1, 0.15) is 45.4 Å². The Hall–Kier alpha value is -2.11. The first-order valence-corrected chi connectivity index (χ1v) is 9.47. The van der Waals surface area contributed by atoms with Crippen molar-refractivity contribution >= 4 is 23.3 Å². The van der Waals surface area contributed by atoms with Gasteiger partial charge in [-0.25, -0.2) is 4.98 Å². The highest BCUT2D eigenvalue weighted by molar-refractivity contribution is 6.08. The quantitative estimate of drug-likeness (QED) is 0.913. The van der Waals surface area contributed by atoms with Crippen LogP contribution in [-0.4, -0.2) is 42.0 Å². The maximum Gasteiger partial charge on any atom is 0.250 e. The molecular formula is C19H26N4O2. The number of fused-ring (bicyclic) bond motifs is 3. The van der Waals surface area contributed by atoms with Gasteiger partial charge in [-0.3, -0.25) is 14.5 Å². The molecule has 1 aromatic heterocycles. The van der Waals surface area contributed by atoms with Crippen molar-refractivity contribution in [2.45, 2.75) is 57.5 Å². The Kier molecular flexibility index (Phi) is 4.36. The lowest BCUT2D eigenvalue weighted by Gasteiger charge is -2.38. The number of nitrogens with zero attached hydrogens (tertiary/aromatic N) is 3. The fraction of sp³-hybridized carbons (Fsp3) is 0.632. The molecule has 2 amide bonds. The first-order chi connectivity index (χ1) is 12.1. The van der Waals surface area contributed by atoms with Crippen molar-refractivity contribution in [1.82, 2.24) is 10.3 Å². The summed E-state index contributed by atoms with van der Waals surface area (Å²) in [5.41, 5.74) is 0.762. The molecule has 1 aromatic rings. The predicted octanol–water partition coefficient (Wildman–Crippen LogP) is 2.09. The van der Waals surface area contributed by atoms with Gasteiger partial charge in [-0.05, 0) is 43.7 Å². The third kappa shape index (κ3) is 2.98. The Morgan fingerprint density at radius 1 is 1.28 bits per heavy atom. The van der Waals surface area contributed by atoms with Crippen LogP contribution in [0.3, 0.4) is 0 Å². The fourth-order valence-electron chi connectivity index (χ4n) is 4.49. The predicted molar refractivity (Wildman–Crippen MR) is 96.5 cm³/mol. The van der Waals surface area contributed by atoms with E-state index in [4.69, 9.17) is 0 Å². The smallest absolute Gasteiger partial charge is 0.250 e. The average Bonchev–Trinajstić information content (AvgIpc) is 3.11. The van der Waals surface area contributed by atoms with Crippen molar-refractivity contribution in [2.24, 2.45) is 5.92 Å². The molecule has 6 heteroatoms. The summed E-state index contributed by atoms with van der Waals surface area (Å²) in [6.07, 6.45) is 8.20. The summed E-state index contributed by atoms with van der Waals surface area (Å²) in [6, 6.07) is 3.79. The van der Waals surface area contributed by atoms with E-state index >= 15 is 0 Å². The number of carbonyl (C=O) groups excluding carboxylic acids is 2. The highest BCUT2D eigenvalue weighted by atomic mass is 16.2. The first-order valence-electron chi connectivity index (χ1n) is 9.47. The lowest BCUT2D eigenvalue weighted by molar-refractivity contribution is -0.125. The standard InChI is InChI=1S/C19H26N4O2/c1-13-6-2-3-7-14(13)21-17(24)12-23-15-8-4-10-20-18(15)22-11-5-9-16(22)19(23)25/h4,8,10,13-14,16H,2-3,5-7,9,11-12H2,1H3,(H,21,24)/t13?,14?,16-/m1/s1. The summed E-state index contributed by atoms with van der Waals surface area (Å²) in [5.74, 6) is 1.32. The van der Waals surface area contributed by atoms with Crippen LogP contribution in [0.2, 0.25) is 0 Å². The molecule has 3 heterocycles. The van der Waals surface area contributed by atoms with Gasteiger partial charge in [0.15, 0.2) is 5.82 Å². The van der Waals surface area contributed by atoms with E-state index in [0.29, 0.717) is 5.92 Å². The molecule has 25 heavy (non-hydrogen) atoms. The molecule has 1 saturated heterocycles. The molecule has 0 bridgehead atoms. The lowest BCUT2D eigenvalue weighted by atomic mass is 9.86. The van der Waals surface area contributed by atoms with Gasteiger partial charge >= 0.3 is 0 Å². The number of anilines is 2. The van der Waals surface area contributed by atoms with Gasteiger partial charge in [-0.1, -0.05) is 19.8 Å². The van der Waals surface area contributed by atoms with Gasteiger partial charge in [0, 0.05) is 18.8 Å². The number of aromatic nitrogens is 1. The zero-order valence-electron chi connectivity index (χ0n) is 14.8. The third-order valence-electron chi connectivity index (χ3n) is 5.89. The van der Waals surface area contributed by atoms with Crippen LogP contribution < -0.4 is 15.1 Å². The molecule has 2 aliphatic heterocycles. The van der Waals surface area contributed by atoms with Gasteiger partial charge in [0.2, 0.25) is 11.8 Å². The van der Waals surface area contributed by atoms with Crippen LogP contribution in [-0.2, 0) is 9.59 Å². The van der Waals surface area contributed by atoms with E-state index in [1.807, 2.05) is 12.1 Å². The highest BCUT2D eigenvalue weighted by Crippen LogP contribution is 2.38. The van der Waals surface area contributed by atoms with Crippen LogP contribution in [0.15, 0.2) is 18.3 Å². The van der Waals surface area contributed by atoms with E-state index in [9.17, 15) is 9.59 Å². The van der Waals surface area contributed by atoms with Crippen LogP contribution in [0.5, 0.6) is 0 Å². The molecule has 2 fully saturated rings. The summed E-state index contributed by atoms with van der Waals surface area (Å²) < 4.78 is 0. The molecule has 1 saturated carbocycles. The summed E-state index contributed by atoms with van der Waals surface area (Å²) in [5, 5.41) is 3.16. The molecule has 6 nitrogen and oxygen atoms in total. The summed E-state index contributed by atoms with van der Waals surface area (Å²) in [7, 11) is 0.